The summed E-state index contributed by atoms with van der Waals surface area (Å²) >= 11 is 0. The van der Waals surface area contributed by atoms with Crippen molar-refractivity contribution in [2.24, 2.45) is 0 Å². The third-order valence-corrected chi connectivity index (χ3v) is 5.21. The molecule has 2 heterocycles. The van der Waals surface area contributed by atoms with E-state index < -0.39 is 0 Å². The van der Waals surface area contributed by atoms with Gasteiger partial charge in [0.1, 0.15) is 6.61 Å². The van der Waals surface area contributed by atoms with Crippen LogP contribution in [0.1, 0.15) is 30.6 Å². The highest BCUT2D eigenvalue weighted by Crippen LogP contribution is 2.33. The topological polar surface area (TPSA) is 46.5 Å². The summed E-state index contributed by atoms with van der Waals surface area (Å²) in [5.41, 5.74) is 4.49. The van der Waals surface area contributed by atoms with Crippen LogP contribution in [0.4, 0.5) is 5.69 Å². The summed E-state index contributed by atoms with van der Waals surface area (Å²) in [4.78, 5) is 14.6. The summed E-state index contributed by atoms with van der Waals surface area (Å²) in [6.45, 7) is 4.33. The summed E-state index contributed by atoms with van der Waals surface area (Å²) in [6.07, 6.45) is 3.08. The van der Waals surface area contributed by atoms with Crippen LogP contribution in [0.5, 0.6) is 0 Å². The first-order valence-electron chi connectivity index (χ1n) is 10.2. The van der Waals surface area contributed by atoms with Crippen LogP contribution in [-0.2, 0) is 16.1 Å². The molecule has 1 N–H and O–H groups in total. The molecule has 4 rings (SSSR count). The second-order valence-electron chi connectivity index (χ2n) is 7.40. The van der Waals surface area contributed by atoms with Crippen molar-refractivity contribution in [1.29, 1.82) is 0 Å². The van der Waals surface area contributed by atoms with Crippen LogP contribution < -0.4 is 5.32 Å². The molecule has 1 aromatic heterocycles. The normalized spacial score (nSPS) is 14.8. The second-order valence-corrected chi connectivity index (χ2v) is 7.40. The molecule has 3 aromatic rings. The molecule has 0 aliphatic carbocycles. The largest absolute Gasteiger partial charge is 0.460 e. The molecule has 0 spiro atoms. The Hall–Kier alpha value is -3.05. The van der Waals surface area contributed by atoms with E-state index in [0.717, 1.165) is 36.4 Å². The van der Waals surface area contributed by atoms with Crippen LogP contribution in [0.2, 0.25) is 0 Å². The summed E-state index contributed by atoms with van der Waals surface area (Å²) in [5.74, 6) is -0.186. The molecule has 0 saturated carbocycles. The number of ether oxygens (including phenoxy) is 1. The van der Waals surface area contributed by atoms with Crippen molar-refractivity contribution in [3.05, 3.63) is 84.2 Å². The Morgan fingerprint density at radius 2 is 1.86 bits per heavy atom. The lowest BCUT2D eigenvalue weighted by Gasteiger charge is -2.33. The molecule has 0 saturated heterocycles. The Bertz CT molecular complexity index is 952. The number of hydrogen-bond acceptors (Lipinski definition) is 4. The van der Waals surface area contributed by atoms with E-state index in [9.17, 15) is 4.79 Å². The zero-order chi connectivity index (χ0) is 20.1. The monoisotopic (exact) mass is 389 g/mol. The highest BCUT2D eigenvalue weighted by atomic mass is 16.5. The molecule has 1 aliphatic heterocycles. The molecular formula is C24H27N3O2. The number of nitrogens with one attached hydrogen (secondary N) is 1. The van der Waals surface area contributed by atoms with Crippen LogP contribution in [-0.4, -0.2) is 35.1 Å². The third kappa shape index (κ3) is 4.51. The molecular weight excluding hydrogens is 362 g/mol. The lowest BCUT2D eigenvalue weighted by atomic mass is 10.1. The molecule has 1 unspecified atom stereocenters. The van der Waals surface area contributed by atoms with Crippen molar-refractivity contribution in [2.75, 3.05) is 25.0 Å². The van der Waals surface area contributed by atoms with E-state index in [2.05, 4.69) is 58.2 Å². The standard InChI is InChI=1S/C24H27N3O2/c1-2-14-26(17-24(28)29-18-19-9-4-3-5-10-19)16-21-23-13-8-15-27(23)22-12-7-6-11-20(22)25-21/h3-13,15,21,25H,2,14,16-18H2,1H3. The Morgan fingerprint density at radius 3 is 2.69 bits per heavy atom. The first-order valence-corrected chi connectivity index (χ1v) is 10.2. The minimum atomic E-state index is -0.186. The van der Waals surface area contributed by atoms with E-state index in [0.29, 0.717) is 13.2 Å². The van der Waals surface area contributed by atoms with Gasteiger partial charge in [0.15, 0.2) is 0 Å². The number of benzene rings is 2. The first kappa shape index (κ1) is 19.3. The maximum Gasteiger partial charge on any atom is 0.320 e. The average Bonchev–Trinajstić information content (AvgIpc) is 3.24. The number of para-hydroxylation sites is 2. The van der Waals surface area contributed by atoms with E-state index in [1.54, 1.807) is 0 Å². The van der Waals surface area contributed by atoms with Crippen LogP contribution in [0.3, 0.4) is 0 Å². The molecule has 0 fully saturated rings. The molecule has 0 amide bonds. The number of aromatic nitrogens is 1. The van der Waals surface area contributed by atoms with Gasteiger partial charge >= 0.3 is 5.97 Å². The zero-order valence-electron chi connectivity index (χ0n) is 16.8. The molecule has 2 aromatic carbocycles. The van der Waals surface area contributed by atoms with Crippen LogP contribution in [0.15, 0.2) is 72.9 Å². The van der Waals surface area contributed by atoms with Gasteiger partial charge in [-0.3, -0.25) is 9.69 Å². The smallest absolute Gasteiger partial charge is 0.320 e. The predicted molar refractivity (Wildman–Crippen MR) is 115 cm³/mol. The van der Waals surface area contributed by atoms with Gasteiger partial charge in [-0.2, -0.15) is 0 Å². The molecule has 150 valence electrons. The van der Waals surface area contributed by atoms with Crippen molar-refractivity contribution >= 4 is 11.7 Å². The van der Waals surface area contributed by atoms with E-state index in [1.807, 2.05) is 36.4 Å². The SMILES string of the molecule is CCCN(CC(=O)OCc1ccccc1)CC1Nc2ccccc2-n2cccc21. The Balaban J connectivity index is 1.41. The van der Waals surface area contributed by atoms with Gasteiger partial charge < -0.3 is 14.6 Å². The minimum absolute atomic E-state index is 0.119. The van der Waals surface area contributed by atoms with Gasteiger partial charge in [0, 0.05) is 18.4 Å². The molecule has 29 heavy (non-hydrogen) atoms. The van der Waals surface area contributed by atoms with Crippen molar-refractivity contribution in [3.63, 3.8) is 0 Å². The molecule has 5 heteroatoms. The number of hydrogen-bond donors (Lipinski definition) is 1. The fourth-order valence-electron chi connectivity index (χ4n) is 3.88. The van der Waals surface area contributed by atoms with Gasteiger partial charge in [0.05, 0.1) is 24.0 Å². The van der Waals surface area contributed by atoms with E-state index in [-0.39, 0.29) is 12.0 Å². The molecule has 0 bridgehead atoms. The maximum atomic E-state index is 12.4. The van der Waals surface area contributed by atoms with Crippen molar-refractivity contribution < 1.29 is 9.53 Å². The van der Waals surface area contributed by atoms with Gasteiger partial charge in [-0.1, -0.05) is 49.4 Å². The third-order valence-electron chi connectivity index (χ3n) is 5.21. The Labute approximate surface area is 171 Å². The number of carbonyl (C=O) groups is 1. The van der Waals surface area contributed by atoms with E-state index >= 15 is 0 Å². The lowest BCUT2D eigenvalue weighted by molar-refractivity contribution is -0.146. The highest BCUT2D eigenvalue weighted by Gasteiger charge is 2.26. The Kier molecular flexibility index (Phi) is 5.96. The average molecular weight is 389 g/mol. The number of fused-ring (bicyclic) bond motifs is 3. The van der Waals surface area contributed by atoms with Crippen LogP contribution in [0.25, 0.3) is 5.69 Å². The zero-order valence-corrected chi connectivity index (χ0v) is 16.8. The van der Waals surface area contributed by atoms with Crippen molar-refractivity contribution in [1.82, 2.24) is 9.47 Å². The molecule has 0 radical (unpaired) electrons. The first-order chi connectivity index (χ1) is 14.2. The number of anilines is 1. The van der Waals surface area contributed by atoms with Gasteiger partial charge in [0.25, 0.3) is 0 Å². The Morgan fingerprint density at radius 1 is 1.07 bits per heavy atom. The highest BCUT2D eigenvalue weighted by molar-refractivity contribution is 5.71. The number of carbonyl (C=O) groups excluding carboxylic acids is 1. The van der Waals surface area contributed by atoms with Crippen LogP contribution >= 0.6 is 0 Å². The number of rotatable bonds is 8. The predicted octanol–water partition coefficient (Wildman–Crippen LogP) is 4.40. The number of esters is 1. The van der Waals surface area contributed by atoms with Gasteiger partial charge in [-0.05, 0) is 42.8 Å². The maximum absolute atomic E-state index is 12.4. The van der Waals surface area contributed by atoms with Gasteiger partial charge in [-0.15, -0.1) is 0 Å². The van der Waals surface area contributed by atoms with Crippen molar-refractivity contribution in [2.45, 2.75) is 26.0 Å². The summed E-state index contributed by atoms with van der Waals surface area (Å²) in [5, 5.41) is 3.64. The fourth-order valence-corrected chi connectivity index (χ4v) is 3.88. The van der Waals surface area contributed by atoms with E-state index in [1.165, 1.54) is 5.69 Å². The van der Waals surface area contributed by atoms with Gasteiger partial charge in [-0.25, -0.2) is 0 Å². The van der Waals surface area contributed by atoms with Gasteiger partial charge in [0.2, 0.25) is 0 Å². The van der Waals surface area contributed by atoms with E-state index in [4.69, 9.17) is 4.74 Å². The minimum Gasteiger partial charge on any atom is -0.460 e. The fraction of sp³-hybridized carbons (Fsp3) is 0.292. The second kappa shape index (κ2) is 8.97. The summed E-state index contributed by atoms with van der Waals surface area (Å²) in [6, 6.07) is 22.4. The lowest BCUT2D eigenvalue weighted by Crippen LogP contribution is -2.38. The quantitative estimate of drug-likeness (QED) is 0.580. The number of nitrogens with zero attached hydrogens (tertiary/aromatic N) is 2. The molecule has 5 nitrogen and oxygen atoms in total. The molecule has 1 atom stereocenters. The van der Waals surface area contributed by atoms with Crippen molar-refractivity contribution in [3.8, 4) is 5.69 Å². The summed E-state index contributed by atoms with van der Waals surface area (Å²) in [7, 11) is 0. The van der Waals surface area contributed by atoms with Crippen LogP contribution in [0, 0.1) is 0 Å². The molecule has 1 aliphatic rings. The summed E-state index contributed by atoms with van der Waals surface area (Å²) < 4.78 is 7.73.